The Labute approximate surface area is 196 Å². The van der Waals surface area contributed by atoms with E-state index >= 15 is 0 Å². The molecule has 170 valence electrons. The number of guanidine groups is 1. The third-order valence-corrected chi connectivity index (χ3v) is 4.42. The first-order valence-corrected chi connectivity index (χ1v) is 10.4. The highest BCUT2D eigenvalue weighted by Crippen LogP contribution is 2.12. The summed E-state index contributed by atoms with van der Waals surface area (Å²) in [4.78, 5) is 16.7. The third kappa shape index (κ3) is 10.4. The van der Waals surface area contributed by atoms with Crippen molar-refractivity contribution in [2.45, 2.75) is 32.3 Å². The molecular weight excluding hydrogens is 499 g/mol. The van der Waals surface area contributed by atoms with Crippen molar-refractivity contribution in [2.75, 3.05) is 53.1 Å². The number of benzene rings is 1. The van der Waals surface area contributed by atoms with Gasteiger partial charge in [-0.25, -0.2) is 0 Å². The van der Waals surface area contributed by atoms with Crippen LogP contribution in [-0.2, 0) is 9.47 Å². The first-order valence-electron chi connectivity index (χ1n) is 10.4. The number of methoxy groups -OCH3 is 1. The summed E-state index contributed by atoms with van der Waals surface area (Å²) in [5.74, 6) is 1.27. The molecule has 0 radical (unpaired) electrons. The van der Waals surface area contributed by atoms with Crippen molar-refractivity contribution in [3.63, 3.8) is 0 Å². The van der Waals surface area contributed by atoms with Crippen molar-refractivity contribution in [2.24, 2.45) is 4.99 Å². The molecule has 0 bridgehead atoms. The molecule has 1 aliphatic rings. The molecule has 2 rings (SSSR count). The maximum absolute atomic E-state index is 12.2. The molecule has 1 unspecified atom stereocenters. The van der Waals surface area contributed by atoms with Gasteiger partial charge in [0.1, 0.15) is 5.75 Å². The second-order valence-corrected chi connectivity index (χ2v) is 6.74. The van der Waals surface area contributed by atoms with Crippen LogP contribution in [0, 0.1) is 0 Å². The number of amides is 1. The number of rotatable bonds is 12. The zero-order chi connectivity index (χ0) is 20.7. The van der Waals surface area contributed by atoms with E-state index < -0.39 is 0 Å². The van der Waals surface area contributed by atoms with Gasteiger partial charge in [0.15, 0.2) is 5.96 Å². The average molecular weight is 534 g/mol. The maximum Gasteiger partial charge on any atom is 0.251 e. The molecule has 8 nitrogen and oxygen atoms in total. The third-order valence-electron chi connectivity index (χ3n) is 4.42. The van der Waals surface area contributed by atoms with Crippen LogP contribution in [0.5, 0.6) is 5.75 Å². The van der Waals surface area contributed by atoms with Crippen LogP contribution in [0.3, 0.4) is 0 Å². The Bertz CT molecular complexity index is 639. The Hall–Kier alpha value is -1.59. The van der Waals surface area contributed by atoms with Gasteiger partial charge in [-0.3, -0.25) is 9.79 Å². The monoisotopic (exact) mass is 534 g/mol. The number of hydrogen-bond donors (Lipinski definition) is 3. The van der Waals surface area contributed by atoms with E-state index in [1.54, 1.807) is 25.3 Å². The topological polar surface area (TPSA) is 93.2 Å². The second-order valence-electron chi connectivity index (χ2n) is 6.74. The van der Waals surface area contributed by atoms with E-state index in [0.29, 0.717) is 44.2 Å². The van der Waals surface area contributed by atoms with Gasteiger partial charge in [-0.05, 0) is 44.4 Å². The minimum atomic E-state index is -0.129. The highest BCUT2D eigenvalue weighted by molar-refractivity contribution is 14.0. The molecule has 30 heavy (non-hydrogen) atoms. The van der Waals surface area contributed by atoms with Gasteiger partial charge in [0.2, 0.25) is 0 Å². The fourth-order valence-electron chi connectivity index (χ4n) is 2.91. The molecule has 1 heterocycles. The SMILES string of the molecule is CCNC(=NCCCOCC1CCCO1)NCCNC(=O)c1cccc(OC)c1.I. The fraction of sp³-hybridized carbons (Fsp3) is 0.619. The van der Waals surface area contributed by atoms with E-state index in [-0.39, 0.29) is 36.0 Å². The standard InChI is InChI=1S/C21H34N4O4.HI/c1-3-22-21(24-10-6-13-28-16-19-9-5-14-29-19)25-12-11-23-20(26)17-7-4-8-18(15-17)27-2;/h4,7-8,15,19H,3,5-6,9-14,16H2,1-2H3,(H,23,26)(H2,22,24,25);1H. The molecule has 0 aromatic heterocycles. The van der Waals surface area contributed by atoms with Gasteiger partial charge in [0.05, 0.1) is 19.8 Å². The lowest BCUT2D eigenvalue weighted by Crippen LogP contribution is -2.41. The molecule has 3 N–H and O–H groups in total. The van der Waals surface area contributed by atoms with Crippen LogP contribution in [0.15, 0.2) is 29.3 Å². The molecule has 0 aliphatic carbocycles. The quantitative estimate of drug-likeness (QED) is 0.165. The first kappa shape index (κ1) is 26.4. The average Bonchev–Trinajstić information content (AvgIpc) is 3.26. The Kier molecular flexibility index (Phi) is 14.2. The lowest BCUT2D eigenvalue weighted by molar-refractivity contribution is 0.0171. The van der Waals surface area contributed by atoms with E-state index in [1.165, 1.54) is 0 Å². The summed E-state index contributed by atoms with van der Waals surface area (Å²) in [6.45, 7) is 6.76. The minimum absolute atomic E-state index is 0. The Morgan fingerprint density at radius 2 is 2.10 bits per heavy atom. The number of carbonyl (C=O) groups is 1. The Morgan fingerprint density at radius 3 is 2.83 bits per heavy atom. The van der Waals surface area contributed by atoms with Gasteiger partial charge in [-0.1, -0.05) is 6.07 Å². The Morgan fingerprint density at radius 1 is 1.27 bits per heavy atom. The zero-order valence-electron chi connectivity index (χ0n) is 17.9. The summed E-state index contributed by atoms with van der Waals surface area (Å²) >= 11 is 0. The van der Waals surface area contributed by atoms with Crippen LogP contribution in [-0.4, -0.2) is 71.1 Å². The largest absolute Gasteiger partial charge is 0.497 e. The van der Waals surface area contributed by atoms with E-state index in [9.17, 15) is 4.79 Å². The van der Waals surface area contributed by atoms with Gasteiger partial charge in [0.25, 0.3) is 5.91 Å². The normalized spacial score (nSPS) is 15.9. The summed E-state index contributed by atoms with van der Waals surface area (Å²) < 4.78 is 16.3. The molecule has 1 atom stereocenters. The fourth-order valence-corrected chi connectivity index (χ4v) is 2.91. The summed E-state index contributed by atoms with van der Waals surface area (Å²) in [5, 5.41) is 9.31. The van der Waals surface area contributed by atoms with Gasteiger partial charge in [-0.2, -0.15) is 0 Å². The number of nitrogens with one attached hydrogen (secondary N) is 3. The molecule has 1 aromatic rings. The molecule has 9 heteroatoms. The van der Waals surface area contributed by atoms with Crippen molar-refractivity contribution in [3.05, 3.63) is 29.8 Å². The number of halogens is 1. The molecule has 1 saturated heterocycles. The van der Waals surface area contributed by atoms with E-state index in [4.69, 9.17) is 14.2 Å². The van der Waals surface area contributed by atoms with E-state index in [2.05, 4.69) is 20.9 Å². The maximum atomic E-state index is 12.2. The van der Waals surface area contributed by atoms with E-state index in [0.717, 1.165) is 38.4 Å². The minimum Gasteiger partial charge on any atom is -0.497 e. The summed E-state index contributed by atoms with van der Waals surface area (Å²) in [6, 6.07) is 7.09. The lowest BCUT2D eigenvalue weighted by atomic mass is 10.2. The van der Waals surface area contributed by atoms with Gasteiger partial charge in [-0.15, -0.1) is 24.0 Å². The van der Waals surface area contributed by atoms with Crippen LogP contribution < -0.4 is 20.7 Å². The van der Waals surface area contributed by atoms with Crippen molar-refractivity contribution in [3.8, 4) is 5.75 Å². The van der Waals surface area contributed by atoms with Gasteiger partial charge >= 0.3 is 0 Å². The Balaban J connectivity index is 0.00000450. The van der Waals surface area contributed by atoms with Crippen LogP contribution in [0.4, 0.5) is 0 Å². The highest BCUT2D eigenvalue weighted by Gasteiger charge is 2.14. The second kappa shape index (κ2) is 16.1. The van der Waals surface area contributed by atoms with Crippen molar-refractivity contribution in [1.29, 1.82) is 0 Å². The van der Waals surface area contributed by atoms with Crippen LogP contribution in [0.2, 0.25) is 0 Å². The molecule has 1 amide bonds. The lowest BCUT2D eigenvalue weighted by Gasteiger charge is -2.12. The number of hydrogen-bond acceptors (Lipinski definition) is 5. The molecule has 1 fully saturated rings. The first-order chi connectivity index (χ1) is 14.2. The summed E-state index contributed by atoms with van der Waals surface area (Å²) in [7, 11) is 1.58. The number of nitrogens with zero attached hydrogens (tertiary/aromatic N) is 1. The number of carbonyl (C=O) groups excluding carboxylic acids is 1. The van der Waals surface area contributed by atoms with Gasteiger partial charge < -0.3 is 30.2 Å². The smallest absolute Gasteiger partial charge is 0.251 e. The van der Waals surface area contributed by atoms with Crippen LogP contribution in [0.25, 0.3) is 0 Å². The van der Waals surface area contributed by atoms with Gasteiger partial charge in [0, 0.05) is 45.0 Å². The van der Waals surface area contributed by atoms with Crippen LogP contribution in [0.1, 0.15) is 36.5 Å². The van der Waals surface area contributed by atoms with Crippen molar-refractivity contribution >= 4 is 35.8 Å². The zero-order valence-corrected chi connectivity index (χ0v) is 20.3. The van der Waals surface area contributed by atoms with Crippen LogP contribution >= 0.6 is 24.0 Å². The van der Waals surface area contributed by atoms with Crippen molar-refractivity contribution in [1.82, 2.24) is 16.0 Å². The summed E-state index contributed by atoms with van der Waals surface area (Å²) in [5.41, 5.74) is 0.577. The van der Waals surface area contributed by atoms with Crippen molar-refractivity contribution < 1.29 is 19.0 Å². The number of aliphatic imine (C=N–C) groups is 1. The summed E-state index contributed by atoms with van der Waals surface area (Å²) in [6.07, 6.45) is 3.36. The molecule has 0 saturated carbocycles. The predicted molar refractivity (Wildman–Crippen MR) is 129 cm³/mol. The molecule has 0 spiro atoms. The molecular formula is C21H35IN4O4. The molecule has 1 aromatic carbocycles. The predicted octanol–water partition coefficient (Wildman–Crippen LogP) is 2.18. The number of ether oxygens (including phenoxy) is 3. The highest BCUT2D eigenvalue weighted by atomic mass is 127. The molecule has 1 aliphatic heterocycles. The van der Waals surface area contributed by atoms with E-state index in [1.807, 2.05) is 13.0 Å².